The van der Waals surface area contributed by atoms with Gasteiger partial charge in [-0.25, -0.2) is 0 Å². The van der Waals surface area contributed by atoms with Crippen LogP contribution in [0.15, 0.2) is 72.8 Å². The second kappa shape index (κ2) is 9.29. The number of nitrogens with zero attached hydrogens (tertiary/aromatic N) is 2. The van der Waals surface area contributed by atoms with E-state index in [1.54, 1.807) is 0 Å². The molecule has 0 aliphatic rings. The van der Waals surface area contributed by atoms with Crippen molar-refractivity contribution in [3.8, 4) is 22.8 Å². The molecule has 1 amide bonds. The van der Waals surface area contributed by atoms with E-state index in [1.165, 1.54) is 18.2 Å². The van der Waals surface area contributed by atoms with Crippen LogP contribution in [0.1, 0.15) is 21.6 Å². The first kappa shape index (κ1) is 23.5. The Morgan fingerprint density at radius 1 is 1.03 bits per heavy atom. The number of carbonyl (C=O) groups excluding carboxylic acids is 1. The van der Waals surface area contributed by atoms with Crippen molar-refractivity contribution in [1.82, 2.24) is 10.2 Å². The highest BCUT2D eigenvalue weighted by Gasteiger charge is 2.30. The van der Waals surface area contributed by atoms with Crippen molar-refractivity contribution in [2.45, 2.75) is 13.1 Å². The number of halogens is 3. The van der Waals surface area contributed by atoms with E-state index >= 15 is 0 Å². The SMILES string of the molecule is Cc1ccc(-c2cc(C(=O)Nc3cc(Oc4cccc(C(F)(F)F)c4)cc([N+](=O)[O-])c3)[nH]n2)cc1. The van der Waals surface area contributed by atoms with Crippen LogP contribution in [0.5, 0.6) is 11.5 Å². The number of rotatable bonds is 6. The molecule has 0 bridgehead atoms. The number of non-ortho nitro benzene ring substituents is 1. The number of amides is 1. The van der Waals surface area contributed by atoms with Crippen LogP contribution in [-0.2, 0) is 6.18 Å². The summed E-state index contributed by atoms with van der Waals surface area (Å²) in [6, 6.07) is 16.5. The number of anilines is 1. The molecule has 0 atom stereocenters. The molecule has 3 aromatic carbocycles. The molecule has 0 fully saturated rings. The Labute approximate surface area is 196 Å². The summed E-state index contributed by atoms with van der Waals surface area (Å²) in [6.07, 6.45) is -4.58. The Morgan fingerprint density at radius 3 is 2.46 bits per heavy atom. The number of aryl methyl sites for hydroxylation is 1. The molecular formula is C24H17F3N4O4. The van der Waals surface area contributed by atoms with Gasteiger partial charge in [-0.2, -0.15) is 18.3 Å². The average molecular weight is 482 g/mol. The van der Waals surface area contributed by atoms with E-state index in [-0.39, 0.29) is 22.9 Å². The Bertz CT molecular complexity index is 1400. The van der Waals surface area contributed by atoms with Gasteiger partial charge in [0, 0.05) is 17.7 Å². The van der Waals surface area contributed by atoms with E-state index in [2.05, 4.69) is 15.5 Å². The normalized spacial score (nSPS) is 11.2. The average Bonchev–Trinajstić information content (AvgIpc) is 3.29. The minimum atomic E-state index is -4.58. The van der Waals surface area contributed by atoms with Crippen LogP contribution in [0, 0.1) is 17.0 Å². The maximum absolute atomic E-state index is 13.0. The van der Waals surface area contributed by atoms with Crippen LogP contribution in [-0.4, -0.2) is 21.0 Å². The second-order valence-corrected chi connectivity index (χ2v) is 7.59. The van der Waals surface area contributed by atoms with Crippen LogP contribution < -0.4 is 10.1 Å². The van der Waals surface area contributed by atoms with Crippen molar-refractivity contribution in [1.29, 1.82) is 0 Å². The van der Waals surface area contributed by atoms with Gasteiger partial charge in [-0.15, -0.1) is 0 Å². The zero-order valence-electron chi connectivity index (χ0n) is 18.1. The standard InChI is InChI=1S/C24H17F3N4O4/c1-14-5-7-15(8-6-14)21-13-22(30-29-21)23(32)28-17-10-18(31(33)34)12-20(11-17)35-19-4-2-3-16(9-19)24(25,26)27/h2-13H,1H3,(H,28,32)(H,29,30). The smallest absolute Gasteiger partial charge is 0.416 e. The fraction of sp³-hybridized carbons (Fsp3) is 0.0833. The number of alkyl halides is 3. The van der Waals surface area contributed by atoms with Crippen molar-refractivity contribution >= 4 is 17.3 Å². The fourth-order valence-electron chi connectivity index (χ4n) is 3.20. The van der Waals surface area contributed by atoms with Crippen LogP contribution in [0.3, 0.4) is 0 Å². The van der Waals surface area contributed by atoms with Crippen LogP contribution in [0.2, 0.25) is 0 Å². The summed E-state index contributed by atoms with van der Waals surface area (Å²) in [7, 11) is 0. The van der Waals surface area contributed by atoms with E-state index in [1.807, 2.05) is 31.2 Å². The summed E-state index contributed by atoms with van der Waals surface area (Å²) in [4.78, 5) is 23.3. The number of hydrogen-bond acceptors (Lipinski definition) is 5. The van der Waals surface area contributed by atoms with Gasteiger partial charge in [0.25, 0.3) is 11.6 Å². The monoisotopic (exact) mass is 482 g/mol. The Kier molecular flexibility index (Phi) is 6.24. The maximum atomic E-state index is 13.0. The van der Waals surface area contributed by atoms with Gasteiger partial charge in [0.05, 0.1) is 27.9 Å². The Balaban J connectivity index is 1.57. The third kappa shape index (κ3) is 5.64. The van der Waals surface area contributed by atoms with Gasteiger partial charge >= 0.3 is 6.18 Å². The van der Waals surface area contributed by atoms with Gasteiger partial charge in [-0.1, -0.05) is 35.9 Å². The minimum absolute atomic E-state index is 0.0117. The Hall–Kier alpha value is -4.67. The molecule has 0 saturated heterocycles. The molecule has 4 rings (SSSR count). The highest BCUT2D eigenvalue weighted by Crippen LogP contribution is 2.34. The highest BCUT2D eigenvalue weighted by molar-refractivity contribution is 6.03. The molecule has 0 spiro atoms. The van der Waals surface area contributed by atoms with Gasteiger partial charge in [0.1, 0.15) is 17.2 Å². The van der Waals surface area contributed by atoms with Gasteiger partial charge in [-0.05, 0) is 31.2 Å². The molecule has 178 valence electrons. The lowest BCUT2D eigenvalue weighted by molar-refractivity contribution is -0.384. The predicted octanol–water partition coefficient (Wildman–Crippen LogP) is 6.36. The van der Waals surface area contributed by atoms with E-state index in [9.17, 15) is 28.1 Å². The number of nitrogens with one attached hydrogen (secondary N) is 2. The molecule has 0 aliphatic carbocycles. The predicted molar refractivity (Wildman–Crippen MR) is 121 cm³/mol. The first-order valence-electron chi connectivity index (χ1n) is 10.2. The Morgan fingerprint density at radius 2 is 1.77 bits per heavy atom. The van der Waals surface area contributed by atoms with Crippen LogP contribution in [0.25, 0.3) is 11.3 Å². The molecule has 4 aromatic rings. The summed E-state index contributed by atoms with van der Waals surface area (Å²) in [5.41, 5.74) is 1.15. The molecule has 0 aliphatic heterocycles. The van der Waals surface area contributed by atoms with Crippen molar-refractivity contribution in [3.63, 3.8) is 0 Å². The molecule has 0 radical (unpaired) electrons. The molecule has 2 N–H and O–H groups in total. The van der Waals surface area contributed by atoms with Gasteiger partial charge in [-0.3, -0.25) is 20.0 Å². The molecular weight excluding hydrogens is 465 g/mol. The first-order chi connectivity index (χ1) is 16.6. The number of hydrogen-bond donors (Lipinski definition) is 2. The summed E-state index contributed by atoms with van der Waals surface area (Å²) < 4.78 is 44.3. The third-order valence-corrected chi connectivity index (χ3v) is 4.93. The maximum Gasteiger partial charge on any atom is 0.416 e. The lowest BCUT2D eigenvalue weighted by atomic mass is 10.1. The van der Waals surface area contributed by atoms with Crippen molar-refractivity contribution in [3.05, 3.63) is 99.7 Å². The topological polar surface area (TPSA) is 110 Å². The van der Waals surface area contributed by atoms with Gasteiger partial charge in [0.15, 0.2) is 0 Å². The molecule has 35 heavy (non-hydrogen) atoms. The van der Waals surface area contributed by atoms with E-state index in [0.29, 0.717) is 5.69 Å². The number of aromatic nitrogens is 2. The van der Waals surface area contributed by atoms with Crippen LogP contribution in [0.4, 0.5) is 24.5 Å². The number of H-pyrrole nitrogens is 1. The lowest BCUT2D eigenvalue weighted by Crippen LogP contribution is -2.12. The van der Waals surface area contributed by atoms with E-state index < -0.39 is 28.3 Å². The van der Waals surface area contributed by atoms with Gasteiger partial charge in [0.2, 0.25) is 0 Å². The minimum Gasteiger partial charge on any atom is -0.457 e. The van der Waals surface area contributed by atoms with Crippen LogP contribution >= 0.6 is 0 Å². The molecule has 1 aromatic heterocycles. The fourth-order valence-corrected chi connectivity index (χ4v) is 3.20. The second-order valence-electron chi connectivity index (χ2n) is 7.59. The molecule has 0 unspecified atom stereocenters. The molecule has 8 nitrogen and oxygen atoms in total. The number of aromatic amines is 1. The lowest BCUT2D eigenvalue weighted by Gasteiger charge is -2.11. The van der Waals surface area contributed by atoms with Crippen molar-refractivity contribution in [2.24, 2.45) is 0 Å². The summed E-state index contributed by atoms with van der Waals surface area (Å²) >= 11 is 0. The molecule has 1 heterocycles. The van der Waals surface area contributed by atoms with Crippen molar-refractivity contribution < 1.29 is 27.6 Å². The zero-order valence-corrected chi connectivity index (χ0v) is 18.1. The highest BCUT2D eigenvalue weighted by atomic mass is 19.4. The van der Waals surface area contributed by atoms with Crippen molar-refractivity contribution in [2.75, 3.05) is 5.32 Å². The number of ether oxygens (including phenoxy) is 1. The molecule has 11 heteroatoms. The largest absolute Gasteiger partial charge is 0.457 e. The van der Waals surface area contributed by atoms with Gasteiger partial charge < -0.3 is 10.1 Å². The quantitative estimate of drug-likeness (QED) is 0.246. The number of nitro groups is 1. The summed E-state index contributed by atoms with van der Waals surface area (Å²) in [6.45, 7) is 1.94. The number of nitro benzene ring substituents is 1. The third-order valence-electron chi connectivity index (χ3n) is 4.93. The van der Waals surface area contributed by atoms with E-state index in [0.717, 1.165) is 41.5 Å². The zero-order chi connectivity index (χ0) is 25.2. The summed E-state index contributed by atoms with van der Waals surface area (Å²) in [5, 5.41) is 20.6. The summed E-state index contributed by atoms with van der Waals surface area (Å²) in [5.74, 6) is -0.922. The van der Waals surface area contributed by atoms with E-state index in [4.69, 9.17) is 4.74 Å². The molecule has 0 saturated carbocycles. The number of benzene rings is 3. The first-order valence-corrected chi connectivity index (χ1v) is 10.2. The number of carbonyl (C=O) groups is 1.